The number of thiocarbonyl (C=S) groups is 1. The maximum Gasteiger partial charge on any atom is 0.119 e. The highest BCUT2D eigenvalue weighted by Gasteiger charge is 2.13. The Morgan fingerprint density at radius 3 is 2.40 bits per heavy atom. The minimum Gasteiger partial charge on any atom is -0.494 e. The van der Waals surface area contributed by atoms with Crippen LogP contribution in [-0.2, 0) is 19.4 Å². The summed E-state index contributed by atoms with van der Waals surface area (Å²) < 4.78 is 7.93. The minimum atomic E-state index is 0.505. The first-order valence-corrected chi connectivity index (χ1v) is 11.1. The van der Waals surface area contributed by atoms with Crippen molar-refractivity contribution < 1.29 is 4.74 Å². The number of benzene rings is 2. The number of rotatable bonds is 11. The molecule has 0 amide bonds. The van der Waals surface area contributed by atoms with Crippen molar-refractivity contribution in [3.8, 4) is 5.75 Å². The van der Waals surface area contributed by atoms with Crippen LogP contribution in [0.5, 0.6) is 5.75 Å². The van der Waals surface area contributed by atoms with Crippen molar-refractivity contribution in [3.63, 3.8) is 0 Å². The van der Waals surface area contributed by atoms with Gasteiger partial charge in [0.25, 0.3) is 0 Å². The molecule has 0 unspecified atom stereocenters. The monoisotopic (exact) mass is 424 g/mol. The molecule has 0 radical (unpaired) electrons. The van der Waals surface area contributed by atoms with Gasteiger partial charge >= 0.3 is 0 Å². The lowest BCUT2D eigenvalue weighted by molar-refractivity contribution is 0.291. The van der Waals surface area contributed by atoms with E-state index >= 15 is 0 Å². The Balaban J connectivity index is 1.92. The maximum absolute atomic E-state index is 5.74. The van der Waals surface area contributed by atoms with Gasteiger partial charge < -0.3 is 19.9 Å². The van der Waals surface area contributed by atoms with E-state index in [1.165, 1.54) is 5.56 Å². The van der Waals surface area contributed by atoms with Crippen LogP contribution >= 0.6 is 12.2 Å². The SMILES string of the molecule is CCOc1ccc(Cc2nc3cc(CC(N)=S)ccc3n2CCN(CC)CC)cc1. The van der Waals surface area contributed by atoms with Gasteiger partial charge in [0.2, 0.25) is 0 Å². The lowest BCUT2D eigenvalue weighted by Crippen LogP contribution is -2.27. The number of fused-ring (bicyclic) bond motifs is 1. The molecule has 6 heteroatoms. The number of hydrogen-bond acceptors (Lipinski definition) is 4. The summed E-state index contributed by atoms with van der Waals surface area (Å²) in [7, 11) is 0. The van der Waals surface area contributed by atoms with Gasteiger partial charge in [0.05, 0.1) is 22.6 Å². The second kappa shape index (κ2) is 10.5. The van der Waals surface area contributed by atoms with E-state index < -0.39 is 0 Å². The first-order chi connectivity index (χ1) is 14.5. The van der Waals surface area contributed by atoms with Gasteiger partial charge in [0, 0.05) is 25.9 Å². The van der Waals surface area contributed by atoms with Crippen molar-refractivity contribution in [1.82, 2.24) is 14.5 Å². The number of aromatic nitrogens is 2. The second-order valence-electron chi connectivity index (χ2n) is 7.43. The molecular weight excluding hydrogens is 392 g/mol. The van der Waals surface area contributed by atoms with Gasteiger partial charge in [-0.3, -0.25) is 0 Å². The average Bonchev–Trinajstić information content (AvgIpc) is 3.06. The standard InChI is InChI=1S/C24H32N4OS/c1-4-27(5-2)13-14-28-22-12-9-19(16-23(25)30)15-21(22)26-24(28)17-18-7-10-20(11-8-18)29-6-3/h7-12,15H,4-6,13-14,16-17H2,1-3H3,(H2,25,30). The van der Waals surface area contributed by atoms with Crippen LogP contribution in [0.1, 0.15) is 37.7 Å². The highest BCUT2D eigenvalue weighted by molar-refractivity contribution is 7.80. The summed E-state index contributed by atoms with van der Waals surface area (Å²) in [4.78, 5) is 7.94. The predicted molar refractivity (Wildman–Crippen MR) is 128 cm³/mol. The van der Waals surface area contributed by atoms with Crippen molar-refractivity contribution in [1.29, 1.82) is 0 Å². The summed E-state index contributed by atoms with van der Waals surface area (Å²) >= 11 is 5.08. The number of nitrogens with zero attached hydrogens (tertiary/aromatic N) is 3. The predicted octanol–water partition coefficient (Wildman–Crippen LogP) is 4.20. The Hall–Kier alpha value is -2.44. The first-order valence-electron chi connectivity index (χ1n) is 10.7. The van der Waals surface area contributed by atoms with Crippen LogP contribution in [0.4, 0.5) is 0 Å². The van der Waals surface area contributed by atoms with E-state index in [1.54, 1.807) is 0 Å². The normalized spacial score (nSPS) is 11.3. The van der Waals surface area contributed by atoms with Gasteiger partial charge in [-0.25, -0.2) is 4.98 Å². The smallest absolute Gasteiger partial charge is 0.119 e. The molecule has 2 N–H and O–H groups in total. The molecule has 0 saturated heterocycles. The summed E-state index contributed by atoms with van der Waals surface area (Å²) in [6.45, 7) is 11.1. The van der Waals surface area contributed by atoms with Crippen LogP contribution in [0.15, 0.2) is 42.5 Å². The van der Waals surface area contributed by atoms with Crippen LogP contribution in [0.3, 0.4) is 0 Å². The first kappa shape index (κ1) is 22.2. The Bertz CT molecular complexity index is 977. The third-order valence-electron chi connectivity index (χ3n) is 5.40. The van der Waals surface area contributed by atoms with Gasteiger partial charge in [-0.05, 0) is 55.4 Å². The zero-order chi connectivity index (χ0) is 21.5. The van der Waals surface area contributed by atoms with Crippen molar-refractivity contribution in [2.75, 3.05) is 26.2 Å². The van der Waals surface area contributed by atoms with Gasteiger partial charge in [-0.15, -0.1) is 0 Å². The number of likely N-dealkylation sites (N-methyl/N-ethyl adjacent to an activating group) is 1. The molecule has 5 nitrogen and oxygen atoms in total. The van der Waals surface area contributed by atoms with E-state index in [9.17, 15) is 0 Å². The maximum atomic E-state index is 5.74. The average molecular weight is 425 g/mol. The highest BCUT2D eigenvalue weighted by atomic mass is 32.1. The largest absolute Gasteiger partial charge is 0.494 e. The molecule has 0 aliphatic rings. The van der Waals surface area contributed by atoms with E-state index in [0.717, 1.165) is 60.8 Å². The summed E-state index contributed by atoms with van der Waals surface area (Å²) in [5, 5.41) is 0. The van der Waals surface area contributed by atoms with E-state index in [2.05, 4.69) is 53.6 Å². The molecule has 0 fully saturated rings. The molecule has 1 heterocycles. The Labute approximate surface area is 184 Å². The Morgan fingerprint density at radius 1 is 1.07 bits per heavy atom. The van der Waals surface area contributed by atoms with Crippen molar-refractivity contribution in [3.05, 3.63) is 59.4 Å². The van der Waals surface area contributed by atoms with Gasteiger partial charge in [-0.2, -0.15) is 0 Å². The summed E-state index contributed by atoms with van der Waals surface area (Å²) in [6, 6.07) is 14.7. The van der Waals surface area contributed by atoms with Crippen molar-refractivity contribution in [2.45, 2.75) is 40.2 Å². The van der Waals surface area contributed by atoms with Crippen molar-refractivity contribution in [2.24, 2.45) is 5.73 Å². The van der Waals surface area contributed by atoms with Crippen LogP contribution in [-0.4, -0.2) is 45.7 Å². The summed E-state index contributed by atoms with van der Waals surface area (Å²) in [5.74, 6) is 1.98. The molecular formula is C24H32N4OS. The third-order valence-corrected chi connectivity index (χ3v) is 5.55. The summed E-state index contributed by atoms with van der Waals surface area (Å²) in [6.07, 6.45) is 1.38. The number of nitrogens with two attached hydrogens (primary N) is 1. The van der Waals surface area contributed by atoms with E-state index in [-0.39, 0.29) is 0 Å². The molecule has 0 spiro atoms. The molecule has 0 saturated carbocycles. The van der Waals surface area contributed by atoms with Crippen LogP contribution < -0.4 is 10.5 Å². The molecule has 3 aromatic rings. The fourth-order valence-corrected chi connectivity index (χ4v) is 3.92. The van der Waals surface area contributed by atoms with Gasteiger partial charge in [0.15, 0.2) is 0 Å². The van der Waals surface area contributed by atoms with Gasteiger partial charge in [-0.1, -0.05) is 44.3 Å². The zero-order valence-electron chi connectivity index (χ0n) is 18.2. The molecule has 30 heavy (non-hydrogen) atoms. The molecule has 0 bridgehead atoms. The molecule has 160 valence electrons. The third kappa shape index (κ3) is 5.58. The molecule has 2 aromatic carbocycles. The quantitative estimate of drug-likeness (QED) is 0.468. The minimum absolute atomic E-state index is 0.505. The topological polar surface area (TPSA) is 56.3 Å². The fourth-order valence-electron chi connectivity index (χ4n) is 3.75. The fraction of sp³-hybridized carbons (Fsp3) is 0.417. The lowest BCUT2D eigenvalue weighted by atomic mass is 10.1. The Kier molecular flexibility index (Phi) is 7.82. The number of ether oxygens (including phenoxy) is 1. The number of imidazole rings is 1. The lowest BCUT2D eigenvalue weighted by Gasteiger charge is -2.19. The van der Waals surface area contributed by atoms with E-state index in [0.29, 0.717) is 18.0 Å². The van der Waals surface area contributed by atoms with Crippen LogP contribution in [0, 0.1) is 0 Å². The Morgan fingerprint density at radius 2 is 1.77 bits per heavy atom. The van der Waals surface area contributed by atoms with Crippen LogP contribution in [0.2, 0.25) is 0 Å². The van der Waals surface area contributed by atoms with Crippen molar-refractivity contribution >= 4 is 28.2 Å². The van der Waals surface area contributed by atoms with Crippen LogP contribution in [0.25, 0.3) is 11.0 Å². The van der Waals surface area contributed by atoms with E-state index in [4.69, 9.17) is 27.7 Å². The molecule has 0 aliphatic carbocycles. The summed E-state index contributed by atoms with van der Waals surface area (Å²) in [5.41, 5.74) is 10.2. The zero-order valence-corrected chi connectivity index (χ0v) is 19.0. The van der Waals surface area contributed by atoms with E-state index in [1.807, 2.05) is 19.1 Å². The highest BCUT2D eigenvalue weighted by Crippen LogP contribution is 2.22. The van der Waals surface area contributed by atoms with Gasteiger partial charge in [0.1, 0.15) is 11.6 Å². The molecule has 1 aromatic heterocycles. The number of hydrogen-bond donors (Lipinski definition) is 1. The second-order valence-corrected chi connectivity index (χ2v) is 7.95. The molecule has 0 atom stereocenters. The molecule has 3 rings (SSSR count). The molecule has 0 aliphatic heterocycles.